The smallest absolute Gasteiger partial charge is 0.333 e. The van der Waals surface area contributed by atoms with Gasteiger partial charge < -0.3 is 15.5 Å². The van der Waals surface area contributed by atoms with E-state index in [-0.39, 0.29) is 36.7 Å². The molecule has 4 rings (SSSR count). The molecule has 10 nitrogen and oxygen atoms in total. The van der Waals surface area contributed by atoms with Gasteiger partial charge in [0.2, 0.25) is 11.9 Å². The lowest BCUT2D eigenvalue weighted by Gasteiger charge is -2.28. The summed E-state index contributed by atoms with van der Waals surface area (Å²) in [7, 11) is 1.51. The van der Waals surface area contributed by atoms with Crippen LogP contribution in [-0.4, -0.2) is 57.8 Å². The first kappa shape index (κ1) is 23.3. The summed E-state index contributed by atoms with van der Waals surface area (Å²) in [6, 6.07) is 9.67. The van der Waals surface area contributed by atoms with E-state index in [1.165, 1.54) is 16.2 Å². The number of carbonyl (C=O) groups is 1. The van der Waals surface area contributed by atoms with E-state index < -0.39 is 11.2 Å². The van der Waals surface area contributed by atoms with E-state index in [4.69, 9.17) is 4.98 Å². The number of anilines is 1. The number of rotatable bonds is 7. The Hall–Kier alpha value is -3.84. The molecule has 1 saturated heterocycles. The number of aromatic nitrogens is 4. The molecule has 1 aromatic carbocycles. The van der Waals surface area contributed by atoms with Crippen molar-refractivity contribution in [1.29, 1.82) is 0 Å². The van der Waals surface area contributed by atoms with Crippen LogP contribution in [0, 0.1) is 11.8 Å². The molecule has 1 aliphatic heterocycles. The van der Waals surface area contributed by atoms with E-state index in [0.717, 1.165) is 18.7 Å². The van der Waals surface area contributed by atoms with Crippen LogP contribution in [0.25, 0.3) is 11.2 Å². The summed E-state index contributed by atoms with van der Waals surface area (Å²) >= 11 is 0. The quantitative estimate of drug-likeness (QED) is 0.470. The zero-order valence-electron chi connectivity index (χ0n) is 19.5. The van der Waals surface area contributed by atoms with Gasteiger partial charge in [-0.25, -0.2) is 4.79 Å². The third kappa shape index (κ3) is 4.61. The highest BCUT2D eigenvalue weighted by Crippen LogP contribution is 2.20. The van der Waals surface area contributed by atoms with Gasteiger partial charge in [0.1, 0.15) is 6.54 Å². The van der Waals surface area contributed by atoms with Gasteiger partial charge in [0.15, 0.2) is 11.2 Å². The zero-order chi connectivity index (χ0) is 24.1. The predicted octanol–water partition coefficient (Wildman–Crippen LogP) is -0.219. The van der Waals surface area contributed by atoms with Crippen molar-refractivity contribution in [1.82, 2.24) is 29.3 Å². The Bertz CT molecular complexity index is 1350. The Morgan fingerprint density at radius 2 is 1.85 bits per heavy atom. The van der Waals surface area contributed by atoms with Crippen molar-refractivity contribution < 1.29 is 4.79 Å². The van der Waals surface area contributed by atoms with Gasteiger partial charge in [-0.3, -0.25) is 23.3 Å². The number of nitrogens with zero attached hydrogens (tertiary/aromatic N) is 5. The molecule has 0 atom stereocenters. The molecule has 2 aromatic heterocycles. The zero-order valence-corrected chi connectivity index (χ0v) is 19.5. The van der Waals surface area contributed by atoms with Crippen LogP contribution in [-0.2, 0) is 30.8 Å². The molecule has 0 saturated carbocycles. The van der Waals surface area contributed by atoms with Gasteiger partial charge in [0.05, 0.1) is 6.54 Å². The van der Waals surface area contributed by atoms with Gasteiger partial charge in [-0.1, -0.05) is 36.3 Å². The topological polar surface area (TPSA) is 106 Å². The maximum Gasteiger partial charge on any atom is 0.333 e. The molecule has 0 radical (unpaired) electrons. The highest BCUT2D eigenvalue weighted by molar-refractivity contribution is 5.79. The van der Waals surface area contributed by atoms with Crippen molar-refractivity contribution in [2.45, 2.75) is 33.0 Å². The molecule has 10 heteroatoms. The number of likely N-dealkylation sites (N-methyl/N-ethyl adjacent to an activating group) is 1. The van der Waals surface area contributed by atoms with Gasteiger partial charge in [-0.15, -0.1) is 5.92 Å². The number of fused-ring (bicyclic) bond motifs is 1. The molecule has 3 aromatic rings. The first-order chi connectivity index (χ1) is 16.5. The van der Waals surface area contributed by atoms with Gasteiger partial charge in [-0.05, 0) is 18.9 Å². The number of nitrogens with one attached hydrogen (secondary N) is 2. The molecule has 1 fully saturated rings. The van der Waals surface area contributed by atoms with Crippen molar-refractivity contribution in [3.8, 4) is 11.8 Å². The Morgan fingerprint density at radius 1 is 1.12 bits per heavy atom. The summed E-state index contributed by atoms with van der Waals surface area (Å²) in [6.45, 7) is 4.97. The Labute approximate surface area is 197 Å². The number of aryl methyl sites for hydroxylation is 1. The van der Waals surface area contributed by atoms with E-state index in [2.05, 4.69) is 27.4 Å². The van der Waals surface area contributed by atoms with Crippen LogP contribution in [0.1, 0.15) is 12.5 Å². The predicted molar refractivity (Wildman–Crippen MR) is 131 cm³/mol. The lowest BCUT2D eigenvalue weighted by atomic mass is 10.1. The first-order valence-corrected chi connectivity index (χ1v) is 11.4. The van der Waals surface area contributed by atoms with E-state index in [0.29, 0.717) is 25.5 Å². The maximum atomic E-state index is 13.7. The molecular weight excluding hydrogens is 434 g/mol. The van der Waals surface area contributed by atoms with Crippen LogP contribution >= 0.6 is 0 Å². The van der Waals surface area contributed by atoms with E-state index in [9.17, 15) is 14.4 Å². The standard InChI is InChI=1S/C24H29N7O3/c1-3-4-13-29-20-21(27-23(29)28-15-11-26-12-16-28)31(17-19(32)25-2)24(34)30(22(20)33)14-10-18-8-6-5-7-9-18/h5-9,26H,10-17H2,1-2H3,(H,25,32). The Balaban J connectivity index is 1.92. The number of hydrogen-bond donors (Lipinski definition) is 2. The molecule has 0 spiro atoms. The molecule has 1 aliphatic rings. The Kier molecular flexibility index (Phi) is 7.13. The van der Waals surface area contributed by atoms with E-state index in [1.807, 2.05) is 30.3 Å². The summed E-state index contributed by atoms with van der Waals surface area (Å²) in [5, 5.41) is 5.86. The summed E-state index contributed by atoms with van der Waals surface area (Å²) in [6.07, 6.45) is 0.509. The molecule has 0 bridgehead atoms. The number of imidazole rings is 1. The van der Waals surface area contributed by atoms with Crippen LogP contribution < -0.4 is 26.8 Å². The van der Waals surface area contributed by atoms with Crippen molar-refractivity contribution in [2.75, 3.05) is 38.1 Å². The van der Waals surface area contributed by atoms with E-state index in [1.54, 1.807) is 11.5 Å². The summed E-state index contributed by atoms with van der Waals surface area (Å²) in [5.41, 5.74) is 0.540. The fourth-order valence-electron chi connectivity index (χ4n) is 4.14. The molecule has 0 aliphatic carbocycles. The molecule has 0 unspecified atom stereocenters. The van der Waals surface area contributed by atoms with Crippen molar-refractivity contribution in [2.24, 2.45) is 0 Å². The average molecular weight is 464 g/mol. The number of piperazine rings is 1. The number of hydrogen-bond acceptors (Lipinski definition) is 6. The van der Waals surface area contributed by atoms with E-state index >= 15 is 0 Å². The Morgan fingerprint density at radius 3 is 2.53 bits per heavy atom. The van der Waals surface area contributed by atoms with Crippen molar-refractivity contribution >= 4 is 23.0 Å². The minimum absolute atomic E-state index is 0.193. The fourth-order valence-corrected chi connectivity index (χ4v) is 4.14. The molecule has 1 amide bonds. The number of carbonyl (C=O) groups excluding carboxylic acids is 1. The van der Waals surface area contributed by atoms with Crippen LogP contribution in [0.3, 0.4) is 0 Å². The normalized spacial score (nSPS) is 13.5. The third-order valence-corrected chi connectivity index (χ3v) is 5.96. The van der Waals surface area contributed by atoms with Gasteiger partial charge in [0, 0.05) is 39.8 Å². The minimum Gasteiger partial charge on any atom is -0.358 e. The van der Waals surface area contributed by atoms with Crippen molar-refractivity contribution in [3.63, 3.8) is 0 Å². The third-order valence-electron chi connectivity index (χ3n) is 5.96. The SMILES string of the molecule is CC#CCn1c(N2CCNCC2)nc2c1c(=O)n(CCc1ccccc1)c(=O)n2CC(=O)NC. The van der Waals surface area contributed by atoms with Gasteiger partial charge in [0.25, 0.3) is 5.56 Å². The number of benzene rings is 1. The largest absolute Gasteiger partial charge is 0.358 e. The molecule has 34 heavy (non-hydrogen) atoms. The highest BCUT2D eigenvalue weighted by Gasteiger charge is 2.25. The second-order valence-electron chi connectivity index (χ2n) is 8.07. The summed E-state index contributed by atoms with van der Waals surface area (Å²) < 4.78 is 4.28. The lowest BCUT2D eigenvalue weighted by molar-refractivity contribution is -0.121. The fraction of sp³-hybridized carbons (Fsp3) is 0.417. The molecule has 2 N–H and O–H groups in total. The molecular formula is C24H29N7O3. The summed E-state index contributed by atoms with van der Waals surface area (Å²) in [4.78, 5) is 46.2. The molecule has 3 heterocycles. The second-order valence-corrected chi connectivity index (χ2v) is 8.07. The van der Waals surface area contributed by atoms with Crippen LogP contribution in [0.15, 0.2) is 39.9 Å². The summed E-state index contributed by atoms with van der Waals surface area (Å²) in [5.74, 6) is 6.15. The minimum atomic E-state index is -0.546. The van der Waals surface area contributed by atoms with Gasteiger partial charge >= 0.3 is 5.69 Å². The maximum absolute atomic E-state index is 13.7. The number of amides is 1. The average Bonchev–Trinajstić information content (AvgIpc) is 3.25. The molecule has 178 valence electrons. The highest BCUT2D eigenvalue weighted by atomic mass is 16.2. The van der Waals surface area contributed by atoms with Gasteiger partial charge in [-0.2, -0.15) is 4.98 Å². The van der Waals surface area contributed by atoms with Crippen LogP contribution in [0.2, 0.25) is 0 Å². The second kappa shape index (κ2) is 10.4. The van der Waals surface area contributed by atoms with Crippen LogP contribution in [0.5, 0.6) is 0 Å². The van der Waals surface area contributed by atoms with Crippen molar-refractivity contribution in [3.05, 3.63) is 56.7 Å². The monoisotopic (exact) mass is 463 g/mol. The first-order valence-electron chi connectivity index (χ1n) is 11.4. The lowest BCUT2D eigenvalue weighted by Crippen LogP contribution is -2.44. The van der Waals surface area contributed by atoms with Crippen LogP contribution in [0.4, 0.5) is 5.95 Å².